The second kappa shape index (κ2) is 6.95. The monoisotopic (exact) mass is 415 g/mol. The van der Waals surface area contributed by atoms with Crippen molar-refractivity contribution in [2.24, 2.45) is 0 Å². The lowest BCUT2D eigenvalue weighted by Gasteiger charge is -2.07. The van der Waals surface area contributed by atoms with Crippen LogP contribution in [0.2, 0.25) is 0 Å². The maximum atomic E-state index is 13.8. The van der Waals surface area contributed by atoms with Gasteiger partial charge in [-0.3, -0.25) is 0 Å². The van der Waals surface area contributed by atoms with Crippen LogP contribution in [0.25, 0.3) is 22.4 Å². The number of aromatic nitrogens is 5. The van der Waals surface area contributed by atoms with Gasteiger partial charge in [0.2, 0.25) is 0 Å². The number of thioether (sulfide) groups is 1. The van der Waals surface area contributed by atoms with Gasteiger partial charge in [0.15, 0.2) is 17.3 Å². The SMILES string of the molecule is CSc1nc(-c2cn(S(=O)(=O)c3ccc(C)cc3)c3ncncc23)ncc1F. The maximum Gasteiger partial charge on any atom is 0.269 e. The molecule has 0 amide bonds. The number of hydrogen-bond donors (Lipinski definition) is 0. The van der Waals surface area contributed by atoms with Crippen molar-refractivity contribution in [3.8, 4) is 11.4 Å². The van der Waals surface area contributed by atoms with E-state index in [-0.39, 0.29) is 21.4 Å². The molecule has 142 valence electrons. The summed E-state index contributed by atoms with van der Waals surface area (Å²) in [6.07, 6.45) is 6.92. The minimum atomic E-state index is -3.90. The third-order valence-electron chi connectivity index (χ3n) is 4.16. The van der Waals surface area contributed by atoms with E-state index in [9.17, 15) is 12.8 Å². The molecule has 0 atom stereocenters. The molecule has 0 radical (unpaired) electrons. The quantitative estimate of drug-likeness (QED) is 0.373. The summed E-state index contributed by atoms with van der Waals surface area (Å²) in [6, 6.07) is 6.53. The molecule has 1 aromatic carbocycles. The second-order valence-corrected chi connectivity index (χ2v) is 8.58. The fourth-order valence-corrected chi connectivity index (χ4v) is 4.50. The number of halogens is 1. The second-order valence-electron chi connectivity index (χ2n) is 5.97. The topological polar surface area (TPSA) is 90.6 Å². The zero-order valence-electron chi connectivity index (χ0n) is 14.9. The van der Waals surface area contributed by atoms with Gasteiger partial charge in [-0.2, -0.15) is 0 Å². The summed E-state index contributed by atoms with van der Waals surface area (Å²) in [6.45, 7) is 1.88. The minimum absolute atomic E-state index is 0.130. The standard InChI is InChI=1S/C18H14FN5O2S2/c1-11-3-5-12(6-4-11)28(25,26)24-9-14(13-7-20-10-22-17(13)24)16-21-8-15(19)18(23-16)27-2/h3-10H,1-2H3. The highest BCUT2D eigenvalue weighted by Crippen LogP contribution is 2.31. The average molecular weight is 415 g/mol. The Labute approximate surface area is 164 Å². The van der Waals surface area contributed by atoms with Gasteiger partial charge in [-0.1, -0.05) is 17.7 Å². The van der Waals surface area contributed by atoms with Crippen molar-refractivity contribution in [3.05, 3.63) is 60.6 Å². The smallest absolute Gasteiger partial charge is 0.244 e. The Hall–Kier alpha value is -2.85. The lowest BCUT2D eigenvalue weighted by molar-refractivity contribution is 0.580. The molecule has 3 aromatic heterocycles. The molecule has 7 nitrogen and oxygen atoms in total. The van der Waals surface area contributed by atoms with Crippen LogP contribution in [0.3, 0.4) is 0 Å². The normalized spacial score (nSPS) is 11.8. The van der Waals surface area contributed by atoms with Crippen molar-refractivity contribution in [2.75, 3.05) is 6.26 Å². The summed E-state index contributed by atoms with van der Waals surface area (Å²) in [4.78, 5) is 16.5. The Balaban J connectivity index is 1.96. The molecule has 3 heterocycles. The fourth-order valence-electron chi connectivity index (χ4n) is 2.75. The van der Waals surface area contributed by atoms with Crippen LogP contribution in [-0.2, 0) is 10.0 Å². The molecule has 0 spiro atoms. The molecule has 0 bridgehead atoms. The number of fused-ring (bicyclic) bond motifs is 1. The highest BCUT2D eigenvalue weighted by Gasteiger charge is 2.24. The van der Waals surface area contributed by atoms with Gasteiger partial charge < -0.3 is 0 Å². The highest BCUT2D eigenvalue weighted by molar-refractivity contribution is 7.98. The molecule has 0 aliphatic rings. The lowest BCUT2D eigenvalue weighted by atomic mass is 10.2. The van der Waals surface area contributed by atoms with Crippen molar-refractivity contribution in [3.63, 3.8) is 0 Å². The van der Waals surface area contributed by atoms with Gasteiger partial charge >= 0.3 is 0 Å². The van der Waals surface area contributed by atoms with E-state index < -0.39 is 15.8 Å². The summed E-state index contributed by atoms with van der Waals surface area (Å²) in [7, 11) is -3.90. The predicted molar refractivity (Wildman–Crippen MR) is 104 cm³/mol. The Bertz CT molecular complexity index is 1290. The van der Waals surface area contributed by atoms with E-state index in [1.54, 1.807) is 18.4 Å². The van der Waals surface area contributed by atoms with Gasteiger partial charge in [0.05, 0.1) is 11.1 Å². The Kier molecular flexibility index (Phi) is 4.60. The van der Waals surface area contributed by atoms with E-state index in [4.69, 9.17) is 0 Å². The third-order valence-corrected chi connectivity index (χ3v) is 6.50. The largest absolute Gasteiger partial charge is 0.269 e. The van der Waals surface area contributed by atoms with Crippen molar-refractivity contribution < 1.29 is 12.8 Å². The van der Waals surface area contributed by atoms with E-state index in [0.717, 1.165) is 27.5 Å². The van der Waals surface area contributed by atoms with Crippen LogP contribution in [0, 0.1) is 12.7 Å². The average Bonchev–Trinajstić information content (AvgIpc) is 3.09. The molecule has 0 aliphatic carbocycles. The summed E-state index contributed by atoms with van der Waals surface area (Å²) in [5.41, 5.74) is 1.55. The Morgan fingerprint density at radius 3 is 2.57 bits per heavy atom. The molecule has 4 aromatic rings. The van der Waals surface area contributed by atoms with E-state index in [1.807, 2.05) is 6.92 Å². The van der Waals surface area contributed by atoms with Crippen molar-refractivity contribution in [1.82, 2.24) is 23.9 Å². The zero-order chi connectivity index (χ0) is 19.9. The summed E-state index contributed by atoms with van der Waals surface area (Å²) in [5.74, 6) is -0.341. The van der Waals surface area contributed by atoms with Crippen LogP contribution < -0.4 is 0 Å². The van der Waals surface area contributed by atoms with Crippen molar-refractivity contribution in [1.29, 1.82) is 0 Å². The highest BCUT2D eigenvalue weighted by atomic mass is 32.2. The number of rotatable bonds is 4. The first-order chi connectivity index (χ1) is 13.4. The summed E-state index contributed by atoms with van der Waals surface area (Å²) in [5, 5.41) is 0.626. The van der Waals surface area contributed by atoms with Crippen LogP contribution in [0.1, 0.15) is 5.56 Å². The minimum Gasteiger partial charge on any atom is -0.244 e. The lowest BCUT2D eigenvalue weighted by Crippen LogP contribution is -2.12. The molecule has 0 saturated carbocycles. The van der Waals surface area contributed by atoms with Crippen LogP contribution in [0.5, 0.6) is 0 Å². The molecule has 10 heteroatoms. The molecule has 0 aliphatic heterocycles. The molecular weight excluding hydrogens is 401 g/mol. The van der Waals surface area contributed by atoms with Gasteiger partial charge in [0.25, 0.3) is 10.0 Å². The summed E-state index contributed by atoms with van der Waals surface area (Å²) >= 11 is 1.14. The Morgan fingerprint density at radius 2 is 1.86 bits per heavy atom. The maximum absolute atomic E-state index is 13.8. The predicted octanol–water partition coefficient (Wildman–Crippen LogP) is 3.29. The van der Waals surface area contributed by atoms with Gasteiger partial charge in [0.1, 0.15) is 11.4 Å². The van der Waals surface area contributed by atoms with Gasteiger partial charge in [-0.15, -0.1) is 11.8 Å². The fraction of sp³-hybridized carbons (Fsp3) is 0.111. The number of benzene rings is 1. The molecule has 0 fully saturated rings. The van der Waals surface area contributed by atoms with Crippen LogP contribution in [0.4, 0.5) is 4.39 Å². The number of nitrogens with zero attached hydrogens (tertiary/aromatic N) is 5. The molecule has 28 heavy (non-hydrogen) atoms. The van der Waals surface area contributed by atoms with E-state index in [1.165, 1.54) is 30.9 Å². The van der Waals surface area contributed by atoms with Gasteiger partial charge in [-0.25, -0.2) is 36.7 Å². The van der Waals surface area contributed by atoms with Crippen LogP contribution >= 0.6 is 11.8 Å². The van der Waals surface area contributed by atoms with Gasteiger partial charge in [0, 0.05) is 23.3 Å². The molecular formula is C18H14FN5O2S2. The van der Waals surface area contributed by atoms with Crippen molar-refractivity contribution in [2.45, 2.75) is 16.8 Å². The van der Waals surface area contributed by atoms with E-state index >= 15 is 0 Å². The zero-order valence-corrected chi connectivity index (χ0v) is 16.5. The summed E-state index contributed by atoms with van der Waals surface area (Å²) < 4.78 is 41.2. The van der Waals surface area contributed by atoms with Gasteiger partial charge in [-0.05, 0) is 25.3 Å². The number of hydrogen-bond acceptors (Lipinski definition) is 7. The molecule has 0 saturated heterocycles. The Morgan fingerprint density at radius 1 is 1.11 bits per heavy atom. The molecule has 4 rings (SSSR count). The first kappa shape index (κ1) is 18.5. The van der Waals surface area contributed by atoms with Crippen LogP contribution in [-0.4, -0.2) is 38.6 Å². The van der Waals surface area contributed by atoms with E-state index in [2.05, 4.69) is 19.9 Å². The first-order valence-electron chi connectivity index (χ1n) is 8.12. The van der Waals surface area contributed by atoms with E-state index in [0.29, 0.717) is 10.9 Å². The first-order valence-corrected chi connectivity index (χ1v) is 10.8. The third kappa shape index (κ3) is 3.04. The molecule has 0 N–H and O–H groups in total. The molecule has 0 unspecified atom stereocenters. The van der Waals surface area contributed by atoms with Crippen LogP contribution in [0.15, 0.2) is 59.1 Å². The van der Waals surface area contributed by atoms with Crippen molar-refractivity contribution >= 4 is 32.8 Å². The number of aryl methyl sites for hydroxylation is 1.